The van der Waals surface area contributed by atoms with Crippen LogP contribution in [0.25, 0.3) is 0 Å². The molecule has 138 valence electrons. The molecule has 7 heteroatoms. The predicted octanol–water partition coefficient (Wildman–Crippen LogP) is 1.82. The first-order valence-electron chi connectivity index (χ1n) is 8.90. The van der Waals surface area contributed by atoms with Gasteiger partial charge in [0.2, 0.25) is 5.91 Å². The number of fused-ring (bicyclic) bond motifs is 1. The van der Waals surface area contributed by atoms with Crippen LogP contribution in [0.3, 0.4) is 0 Å². The van der Waals surface area contributed by atoms with E-state index in [2.05, 4.69) is 5.32 Å². The molecule has 26 heavy (non-hydrogen) atoms. The lowest BCUT2D eigenvalue weighted by atomic mass is 9.74. The average Bonchev–Trinajstić information content (AvgIpc) is 2.90. The van der Waals surface area contributed by atoms with E-state index in [0.29, 0.717) is 24.0 Å². The Bertz CT molecular complexity index is 717. The number of carbonyl (C=O) groups is 4. The lowest BCUT2D eigenvalue weighted by Crippen LogP contribution is -2.45. The second-order valence-electron chi connectivity index (χ2n) is 6.98. The van der Waals surface area contributed by atoms with E-state index in [1.54, 1.807) is 24.3 Å². The summed E-state index contributed by atoms with van der Waals surface area (Å²) in [7, 11) is 0. The zero-order valence-corrected chi connectivity index (χ0v) is 14.5. The molecule has 0 bridgehead atoms. The maximum atomic E-state index is 12.3. The van der Waals surface area contributed by atoms with E-state index in [1.807, 2.05) is 0 Å². The summed E-state index contributed by atoms with van der Waals surface area (Å²) in [6.07, 6.45) is 3.78. The topological polar surface area (TPSA) is 104 Å². The van der Waals surface area contributed by atoms with Gasteiger partial charge in [-0.05, 0) is 25.0 Å². The number of nitrogens with one attached hydrogen (secondary N) is 1. The Morgan fingerprint density at radius 1 is 1.04 bits per heavy atom. The van der Waals surface area contributed by atoms with Crippen molar-refractivity contribution in [3.8, 4) is 0 Å². The van der Waals surface area contributed by atoms with Gasteiger partial charge in [0, 0.05) is 19.5 Å². The summed E-state index contributed by atoms with van der Waals surface area (Å²) in [5, 5.41) is 12.2. The molecule has 0 radical (unpaired) electrons. The van der Waals surface area contributed by atoms with E-state index in [4.69, 9.17) is 0 Å². The minimum absolute atomic E-state index is 0.0156. The molecule has 2 N–H and O–H groups in total. The maximum absolute atomic E-state index is 12.3. The van der Waals surface area contributed by atoms with Crippen LogP contribution in [0, 0.1) is 5.41 Å². The van der Waals surface area contributed by atoms with Crippen molar-refractivity contribution in [1.82, 2.24) is 10.2 Å². The van der Waals surface area contributed by atoms with Crippen LogP contribution >= 0.6 is 0 Å². The van der Waals surface area contributed by atoms with Crippen molar-refractivity contribution in [2.75, 3.05) is 13.1 Å². The van der Waals surface area contributed by atoms with Crippen molar-refractivity contribution in [1.29, 1.82) is 0 Å². The molecule has 1 aromatic carbocycles. The summed E-state index contributed by atoms with van der Waals surface area (Å²) in [4.78, 5) is 49.3. The number of benzene rings is 1. The highest BCUT2D eigenvalue weighted by molar-refractivity contribution is 6.21. The lowest BCUT2D eigenvalue weighted by molar-refractivity contribution is -0.151. The summed E-state index contributed by atoms with van der Waals surface area (Å²) in [6, 6.07) is 6.57. The number of hydrogen-bond acceptors (Lipinski definition) is 4. The van der Waals surface area contributed by atoms with Gasteiger partial charge in [-0.2, -0.15) is 0 Å². The number of amides is 3. The van der Waals surface area contributed by atoms with Gasteiger partial charge in [0.05, 0.1) is 16.5 Å². The van der Waals surface area contributed by atoms with Crippen molar-refractivity contribution in [3.05, 3.63) is 35.4 Å². The number of carboxylic acids is 1. The molecule has 3 amide bonds. The van der Waals surface area contributed by atoms with Crippen molar-refractivity contribution < 1.29 is 24.3 Å². The highest BCUT2D eigenvalue weighted by Gasteiger charge is 2.40. The van der Waals surface area contributed by atoms with Gasteiger partial charge in [-0.3, -0.25) is 24.1 Å². The van der Waals surface area contributed by atoms with Crippen molar-refractivity contribution in [2.45, 2.75) is 38.5 Å². The van der Waals surface area contributed by atoms with Crippen LogP contribution in [0.15, 0.2) is 24.3 Å². The van der Waals surface area contributed by atoms with Gasteiger partial charge < -0.3 is 10.4 Å². The molecule has 1 aliphatic heterocycles. The van der Waals surface area contributed by atoms with E-state index < -0.39 is 23.2 Å². The van der Waals surface area contributed by atoms with Crippen LogP contribution in [0.5, 0.6) is 0 Å². The molecule has 0 unspecified atom stereocenters. The number of imide groups is 1. The Morgan fingerprint density at radius 3 is 2.15 bits per heavy atom. The summed E-state index contributed by atoms with van der Waals surface area (Å²) in [5.41, 5.74) is -0.196. The van der Waals surface area contributed by atoms with Gasteiger partial charge in [0.15, 0.2) is 0 Å². The monoisotopic (exact) mass is 358 g/mol. The molecule has 1 fully saturated rings. The molecule has 0 aromatic heterocycles. The normalized spacial score (nSPS) is 18.5. The smallest absolute Gasteiger partial charge is 0.311 e. The third-order valence-electron chi connectivity index (χ3n) is 5.33. The molecule has 0 saturated heterocycles. The number of rotatable bonds is 6. The molecule has 1 aliphatic carbocycles. The Kier molecular flexibility index (Phi) is 5.06. The van der Waals surface area contributed by atoms with Crippen LogP contribution in [-0.4, -0.2) is 46.8 Å². The molecule has 3 rings (SSSR count). The van der Waals surface area contributed by atoms with Gasteiger partial charge in [0.1, 0.15) is 0 Å². The standard InChI is InChI=1S/C19H22N2O5/c22-15(20-12-19(18(25)26)9-4-1-5-10-19)8-11-21-16(23)13-6-2-3-7-14(13)17(21)24/h2-3,6-7H,1,4-5,8-12H2,(H,20,22)(H,25,26). The summed E-state index contributed by atoms with van der Waals surface area (Å²) in [6.45, 7) is 0.0710. The van der Waals surface area contributed by atoms with Gasteiger partial charge >= 0.3 is 5.97 Å². The number of hydrogen-bond donors (Lipinski definition) is 2. The van der Waals surface area contributed by atoms with Crippen LogP contribution in [-0.2, 0) is 9.59 Å². The summed E-state index contributed by atoms with van der Waals surface area (Å²) in [5.74, 6) is -2.02. The molecule has 1 aromatic rings. The first-order valence-corrected chi connectivity index (χ1v) is 8.90. The van der Waals surface area contributed by atoms with Gasteiger partial charge in [-0.15, -0.1) is 0 Å². The Labute approximate surface area is 151 Å². The summed E-state index contributed by atoms with van der Waals surface area (Å²) < 4.78 is 0. The van der Waals surface area contributed by atoms with Gasteiger partial charge in [0.25, 0.3) is 11.8 Å². The zero-order valence-electron chi connectivity index (χ0n) is 14.5. The van der Waals surface area contributed by atoms with Crippen LogP contribution in [0.1, 0.15) is 59.2 Å². The first kappa shape index (κ1) is 18.1. The number of nitrogens with zero attached hydrogens (tertiary/aromatic N) is 1. The molecule has 2 aliphatic rings. The van der Waals surface area contributed by atoms with Crippen molar-refractivity contribution >= 4 is 23.7 Å². The van der Waals surface area contributed by atoms with E-state index in [1.165, 1.54) is 0 Å². The third kappa shape index (κ3) is 3.34. The van der Waals surface area contributed by atoms with E-state index in [9.17, 15) is 24.3 Å². The Balaban J connectivity index is 1.54. The lowest BCUT2D eigenvalue weighted by Gasteiger charge is -2.33. The van der Waals surface area contributed by atoms with Crippen LogP contribution in [0.4, 0.5) is 0 Å². The quantitative estimate of drug-likeness (QED) is 0.755. The first-order chi connectivity index (χ1) is 12.4. The Morgan fingerprint density at radius 2 is 1.62 bits per heavy atom. The van der Waals surface area contributed by atoms with Crippen molar-refractivity contribution in [3.63, 3.8) is 0 Å². The van der Waals surface area contributed by atoms with E-state index in [0.717, 1.165) is 24.2 Å². The number of aliphatic carboxylic acids is 1. The minimum atomic E-state index is -0.899. The molecule has 7 nitrogen and oxygen atoms in total. The van der Waals surface area contributed by atoms with Crippen LogP contribution in [0.2, 0.25) is 0 Å². The number of carboxylic acid groups (broad SMARTS) is 1. The van der Waals surface area contributed by atoms with Gasteiger partial charge in [-0.1, -0.05) is 31.4 Å². The summed E-state index contributed by atoms with van der Waals surface area (Å²) >= 11 is 0. The molecule has 0 spiro atoms. The maximum Gasteiger partial charge on any atom is 0.311 e. The molecule has 1 heterocycles. The average molecular weight is 358 g/mol. The largest absolute Gasteiger partial charge is 0.481 e. The van der Waals surface area contributed by atoms with Crippen molar-refractivity contribution in [2.24, 2.45) is 5.41 Å². The molecular formula is C19H22N2O5. The van der Waals surface area contributed by atoms with Crippen LogP contribution < -0.4 is 5.32 Å². The Hall–Kier alpha value is -2.70. The molecule has 1 saturated carbocycles. The van der Waals surface area contributed by atoms with Gasteiger partial charge in [-0.25, -0.2) is 0 Å². The minimum Gasteiger partial charge on any atom is -0.481 e. The highest BCUT2D eigenvalue weighted by Crippen LogP contribution is 2.36. The second-order valence-corrected chi connectivity index (χ2v) is 6.98. The fraction of sp³-hybridized carbons (Fsp3) is 0.474. The van der Waals surface area contributed by atoms with E-state index >= 15 is 0 Å². The fourth-order valence-electron chi connectivity index (χ4n) is 3.71. The molecule has 0 atom stereocenters. The highest BCUT2D eigenvalue weighted by atomic mass is 16.4. The predicted molar refractivity (Wildman–Crippen MR) is 92.6 cm³/mol. The number of carbonyl (C=O) groups excluding carboxylic acids is 3. The SMILES string of the molecule is O=C(CCN1C(=O)c2ccccc2C1=O)NCC1(C(=O)O)CCCCC1. The zero-order chi connectivity index (χ0) is 18.7. The second kappa shape index (κ2) is 7.27. The fourth-order valence-corrected chi connectivity index (χ4v) is 3.71. The third-order valence-corrected chi connectivity index (χ3v) is 5.33. The molecular weight excluding hydrogens is 336 g/mol. The van der Waals surface area contributed by atoms with E-state index in [-0.39, 0.29) is 25.4 Å².